The lowest BCUT2D eigenvalue weighted by atomic mass is 9.96. The van der Waals surface area contributed by atoms with Gasteiger partial charge in [-0.15, -0.1) is 0 Å². The van der Waals surface area contributed by atoms with E-state index >= 15 is 0 Å². The Morgan fingerprint density at radius 2 is 2.00 bits per heavy atom. The average Bonchev–Trinajstić information content (AvgIpc) is 2.57. The number of rotatable bonds is 3. The molecule has 0 aromatic heterocycles. The zero-order valence-corrected chi connectivity index (χ0v) is 10.8. The van der Waals surface area contributed by atoms with Gasteiger partial charge in [0.15, 0.2) is 0 Å². The first kappa shape index (κ1) is 12.5. The molecule has 2 nitrogen and oxygen atoms in total. The van der Waals surface area contributed by atoms with Gasteiger partial charge in [0, 0.05) is 18.5 Å². The molecular weight excluding hydrogens is 186 g/mol. The van der Waals surface area contributed by atoms with Crippen molar-refractivity contribution in [3.05, 3.63) is 0 Å². The van der Waals surface area contributed by atoms with Crippen molar-refractivity contribution < 1.29 is 4.79 Å². The molecule has 1 heterocycles. The molecule has 1 rings (SSSR count). The first-order valence-electron chi connectivity index (χ1n) is 6.27. The highest BCUT2D eigenvalue weighted by Gasteiger charge is 2.33. The zero-order valence-electron chi connectivity index (χ0n) is 10.8. The van der Waals surface area contributed by atoms with E-state index in [9.17, 15) is 4.79 Å². The maximum absolute atomic E-state index is 12.2. The first-order valence-corrected chi connectivity index (χ1v) is 6.27. The number of carbonyl (C=O) groups is 1. The van der Waals surface area contributed by atoms with E-state index < -0.39 is 0 Å². The van der Waals surface area contributed by atoms with Crippen molar-refractivity contribution >= 4 is 5.91 Å². The van der Waals surface area contributed by atoms with Gasteiger partial charge in [-0.1, -0.05) is 34.1 Å². The Bertz CT molecular complexity index is 225. The van der Waals surface area contributed by atoms with E-state index in [1.165, 1.54) is 12.8 Å². The molecule has 1 amide bonds. The minimum atomic E-state index is 0.169. The quantitative estimate of drug-likeness (QED) is 0.703. The molecule has 0 bridgehead atoms. The van der Waals surface area contributed by atoms with Crippen LogP contribution in [0.1, 0.15) is 47.5 Å². The summed E-state index contributed by atoms with van der Waals surface area (Å²) >= 11 is 0. The maximum atomic E-state index is 12.2. The molecule has 88 valence electrons. The Morgan fingerprint density at radius 1 is 1.40 bits per heavy atom. The minimum Gasteiger partial charge on any atom is -0.339 e. The van der Waals surface area contributed by atoms with Gasteiger partial charge in [-0.3, -0.25) is 4.79 Å². The van der Waals surface area contributed by atoms with Gasteiger partial charge < -0.3 is 4.90 Å². The number of hydrogen-bond donors (Lipinski definition) is 0. The summed E-state index contributed by atoms with van der Waals surface area (Å²) in [5, 5.41) is 0. The van der Waals surface area contributed by atoms with Crippen LogP contribution in [-0.2, 0) is 4.79 Å². The molecule has 1 fully saturated rings. The number of nitrogens with zero attached hydrogens (tertiary/aromatic N) is 1. The number of likely N-dealkylation sites (tertiary alicyclic amines) is 1. The van der Waals surface area contributed by atoms with Crippen molar-refractivity contribution in [3.8, 4) is 0 Å². The second kappa shape index (κ2) is 5.00. The summed E-state index contributed by atoms with van der Waals surface area (Å²) in [5.74, 6) is 1.70. The highest BCUT2D eigenvalue weighted by atomic mass is 16.2. The van der Waals surface area contributed by atoms with Crippen LogP contribution in [0.3, 0.4) is 0 Å². The van der Waals surface area contributed by atoms with E-state index in [1.54, 1.807) is 0 Å². The second-order valence-electron chi connectivity index (χ2n) is 5.38. The summed E-state index contributed by atoms with van der Waals surface area (Å²) < 4.78 is 0. The summed E-state index contributed by atoms with van der Waals surface area (Å²) in [5.41, 5.74) is 0. The normalized spacial score (nSPS) is 28.5. The van der Waals surface area contributed by atoms with Crippen molar-refractivity contribution in [2.45, 2.75) is 53.5 Å². The molecule has 1 saturated heterocycles. The largest absolute Gasteiger partial charge is 0.339 e. The van der Waals surface area contributed by atoms with Crippen molar-refractivity contribution in [2.75, 3.05) is 6.54 Å². The van der Waals surface area contributed by atoms with Crippen LogP contribution in [0.25, 0.3) is 0 Å². The minimum absolute atomic E-state index is 0.169. The first-order chi connectivity index (χ1) is 6.97. The van der Waals surface area contributed by atoms with Gasteiger partial charge in [-0.05, 0) is 25.2 Å². The van der Waals surface area contributed by atoms with Gasteiger partial charge in [0.2, 0.25) is 5.91 Å². The van der Waals surface area contributed by atoms with Crippen LogP contribution in [0, 0.1) is 17.8 Å². The van der Waals surface area contributed by atoms with Gasteiger partial charge in [-0.25, -0.2) is 0 Å². The van der Waals surface area contributed by atoms with E-state index in [1.807, 2.05) is 0 Å². The molecule has 15 heavy (non-hydrogen) atoms. The van der Waals surface area contributed by atoms with Crippen molar-refractivity contribution in [1.29, 1.82) is 0 Å². The molecule has 2 heteroatoms. The molecule has 1 aliphatic heterocycles. The summed E-state index contributed by atoms with van der Waals surface area (Å²) in [6, 6.07) is 0.448. The standard InChI is InChI=1S/C13H25NO/c1-6-12-7-10(4)14(8-12)13(15)11(5)9(2)3/h9-12H,6-8H2,1-5H3/t10-,11?,12?/m1/s1. The summed E-state index contributed by atoms with van der Waals surface area (Å²) in [6.45, 7) is 11.7. The predicted octanol–water partition coefficient (Wildman–Crippen LogP) is 2.93. The van der Waals surface area contributed by atoms with Crippen LogP contribution in [0.15, 0.2) is 0 Å². The van der Waals surface area contributed by atoms with E-state index in [-0.39, 0.29) is 5.92 Å². The second-order valence-corrected chi connectivity index (χ2v) is 5.38. The highest BCUT2D eigenvalue weighted by molar-refractivity contribution is 5.79. The Morgan fingerprint density at radius 3 is 2.40 bits per heavy atom. The fourth-order valence-electron chi connectivity index (χ4n) is 2.29. The Balaban J connectivity index is 2.61. The monoisotopic (exact) mass is 211 g/mol. The third-order valence-electron chi connectivity index (χ3n) is 3.91. The molecule has 0 N–H and O–H groups in total. The van der Waals surface area contributed by atoms with Gasteiger partial charge in [-0.2, -0.15) is 0 Å². The molecule has 0 aromatic carbocycles. The van der Waals surface area contributed by atoms with E-state index in [2.05, 4.69) is 39.5 Å². The third-order valence-corrected chi connectivity index (χ3v) is 3.91. The van der Waals surface area contributed by atoms with Gasteiger partial charge in [0.05, 0.1) is 0 Å². The molecule has 0 saturated carbocycles. The number of amides is 1. The van der Waals surface area contributed by atoms with Crippen LogP contribution >= 0.6 is 0 Å². The summed E-state index contributed by atoms with van der Waals surface area (Å²) in [7, 11) is 0. The molecule has 0 aliphatic carbocycles. The lowest BCUT2D eigenvalue weighted by Gasteiger charge is -2.26. The van der Waals surface area contributed by atoms with Crippen LogP contribution < -0.4 is 0 Å². The number of hydrogen-bond acceptors (Lipinski definition) is 1. The van der Waals surface area contributed by atoms with Crippen LogP contribution in [0.5, 0.6) is 0 Å². The van der Waals surface area contributed by atoms with Crippen LogP contribution in [0.4, 0.5) is 0 Å². The molecule has 0 spiro atoms. The Kier molecular flexibility index (Phi) is 4.18. The SMILES string of the molecule is CCC1C[C@@H](C)N(C(=O)C(C)C(C)C)C1. The average molecular weight is 211 g/mol. The summed E-state index contributed by atoms with van der Waals surface area (Å²) in [6.07, 6.45) is 2.39. The van der Waals surface area contributed by atoms with Gasteiger partial charge in [0.25, 0.3) is 0 Å². The van der Waals surface area contributed by atoms with E-state index in [0.717, 1.165) is 12.5 Å². The molecule has 1 aliphatic rings. The molecule has 0 aromatic rings. The topological polar surface area (TPSA) is 20.3 Å². The molecular formula is C13H25NO. The fraction of sp³-hybridized carbons (Fsp3) is 0.923. The smallest absolute Gasteiger partial charge is 0.225 e. The van der Waals surface area contributed by atoms with Crippen molar-refractivity contribution in [1.82, 2.24) is 4.90 Å². The number of carbonyl (C=O) groups excluding carboxylic acids is 1. The van der Waals surface area contributed by atoms with Crippen LogP contribution in [0.2, 0.25) is 0 Å². The zero-order chi connectivity index (χ0) is 11.6. The maximum Gasteiger partial charge on any atom is 0.225 e. The predicted molar refractivity (Wildman–Crippen MR) is 63.6 cm³/mol. The highest BCUT2D eigenvalue weighted by Crippen LogP contribution is 2.27. The lowest BCUT2D eigenvalue weighted by molar-refractivity contribution is -0.137. The van der Waals surface area contributed by atoms with Crippen molar-refractivity contribution in [3.63, 3.8) is 0 Å². The van der Waals surface area contributed by atoms with Crippen LogP contribution in [-0.4, -0.2) is 23.4 Å². The fourth-order valence-corrected chi connectivity index (χ4v) is 2.29. The van der Waals surface area contributed by atoms with E-state index in [0.29, 0.717) is 17.9 Å². The van der Waals surface area contributed by atoms with E-state index in [4.69, 9.17) is 0 Å². The van der Waals surface area contributed by atoms with Crippen molar-refractivity contribution in [2.24, 2.45) is 17.8 Å². The lowest BCUT2D eigenvalue weighted by Crippen LogP contribution is -2.39. The van der Waals surface area contributed by atoms with Gasteiger partial charge >= 0.3 is 0 Å². The third kappa shape index (κ3) is 2.73. The molecule has 0 radical (unpaired) electrons. The Hall–Kier alpha value is -0.530. The molecule has 2 unspecified atom stereocenters. The Labute approximate surface area is 94.0 Å². The molecule has 3 atom stereocenters. The summed E-state index contributed by atoms with van der Waals surface area (Å²) in [4.78, 5) is 14.3. The van der Waals surface area contributed by atoms with Gasteiger partial charge in [0.1, 0.15) is 0 Å².